The second-order valence-electron chi connectivity index (χ2n) is 2.47. The third kappa shape index (κ3) is 3.01. The zero-order valence-corrected chi connectivity index (χ0v) is 7.01. The molecule has 1 heteroatoms. The van der Waals surface area contributed by atoms with Gasteiger partial charge in [-0.25, -0.2) is 0 Å². The average Bonchev–Trinajstić information content (AvgIpc) is 1.88. The van der Waals surface area contributed by atoms with Crippen molar-refractivity contribution in [2.45, 2.75) is 13.3 Å². The molecule has 0 aliphatic heterocycles. The first-order valence-corrected chi connectivity index (χ1v) is 3.49. The molecule has 1 aliphatic carbocycles. The van der Waals surface area contributed by atoms with Crippen LogP contribution in [0.3, 0.4) is 0 Å². The average molecular weight is 149 g/mol. The van der Waals surface area contributed by atoms with Crippen LogP contribution in [-0.2, 0) is 0 Å². The summed E-state index contributed by atoms with van der Waals surface area (Å²) >= 11 is 0. The second-order valence-corrected chi connectivity index (χ2v) is 2.47. The summed E-state index contributed by atoms with van der Waals surface area (Å²) < 4.78 is 0. The van der Waals surface area contributed by atoms with Crippen LogP contribution in [0, 0.1) is 0 Å². The first kappa shape index (κ1) is 9.92. The van der Waals surface area contributed by atoms with Gasteiger partial charge in [-0.05, 0) is 18.9 Å². The fraction of sp³-hybridized carbons (Fsp3) is 0.200. The molecule has 0 aromatic rings. The van der Waals surface area contributed by atoms with Gasteiger partial charge < -0.3 is 6.15 Å². The quantitative estimate of drug-likeness (QED) is 0.610. The van der Waals surface area contributed by atoms with Gasteiger partial charge in [-0.1, -0.05) is 42.5 Å². The molecule has 0 aromatic heterocycles. The summed E-state index contributed by atoms with van der Waals surface area (Å²) in [6.45, 7) is 5.75. The van der Waals surface area contributed by atoms with Gasteiger partial charge >= 0.3 is 0 Å². The van der Waals surface area contributed by atoms with E-state index >= 15 is 0 Å². The molecule has 0 aromatic carbocycles. The lowest BCUT2D eigenvalue weighted by Crippen LogP contribution is -1.83. The zero-order valence-electron chi connectivity index (χ0n) is 7.01. The van der Waals surface area contributed by atoms with Crippen molar-refractivity contribution in [3.8, 4) is 0 Å². The Bertz CT molecular complexity index is 219. The Balaban J connectivity index is 0.000001000. The van der Waals surface area contributed by atoms with E-state index in [0.29, 0.717) is 0 Å². The molecule has 1 rings (SSSR count). The summed E-state index contributed by atoms with van der Waals surface area (Å²) in [7, 11) is 0. The van der Waals surface area contributed by atoms with Crippen LogP contribution in [0.15, 0.2) is 48.1 Å². The molecule has 0 fully saturated rings. The number of hydrogen-bond acceptors (Lipinski definition) is 1. The van der Waals surface area contributed by atoms with Gasteiger partial charge in [-0.3, -0.25) is 0 Å². The predicted molar refractivity (Wildman–Crippen MR) is 50.8 cm³/mol. The Morgan fingerprint density at radius 3 is 2.82 bits per heavy atom. The van der Waals surface area contributed by atoms with Crippen LogP contribution in [0.25, 0.3) is 0 Å². The van der Waals surface area contributed by atoms with E-state index < -0.39 is 0 Å². The molecule has 60 valence electrons. The van der Waals surface area contributed by atoms with Gasteiger partial charge in [0, 0.05) is 0 Å². The van der Waals surface area contributed by atoms with Crippen molar-refractivity contribution in [2.75, 3.05) is 0 Å². The van der Waals surface area contributed by atoms with Gasteiger partial charge in [-0.15, -0.1) is 0 Å². The van der Waals surface area contributed by atoms with Crippen molar-refractivity contribution in [3.63, 3.8) is 0 Å². The van der Waals surface area contributed by atoms with Crippen molar-refractivity contribution in [1.29, 1.82) is 0 Å². The van der Waals surface area contributed by atoms with E-state index in [1.165, 1.54) is 11.1 Å². The van der Waals surface area contributed by atoms with Crippen LogP contribution < -0.4 is 6.15 Å². The smallest absolute Gasteiger partial charge is 0.00941 e. The summed E-state index contributed by atoms with van der Waals surface area (Å²) in [5, 5.41) is 0. The minimum atomic E-state index is 0. The molecule has 0 unspecified atom stereocenters. The maximum Gasteiger partial charge on any atom is -0.00941 e. The number of allylic oxidation sites excluding steroid dienone is 7. The first-order valence-electron chi connectivity index (χ1n) is 3.49. The van der Waals surface area contributed by atoms with Crippen LogP contribution in [0.1, 0.15) is 13.3 Å². The predicted octanol–water partition coefficient (Wildman–Crippen LogP) is 3.17. The van der Waals surface area contributed by atoms with Gasteiger partial charge in [0.15, 0.2) is 0 Å². The van der Waals surface area contributed by atoms with E-state index in [-0.39, 0.29) is 6.15 Å². The highest BCUT2D eigenvalue weighted by Gasteiger charge is 1.94. The Labute approximate surface area is 68.4 Å². The third-order valence-corrected chi connectivity index (χ3v) is 1.48. The van der Waals surface area contributed by atoms with Crippen molar-refractivity contribution in [2.24, 2.45) is 0 Å². The Morgan fingerprint density at radius 1 is 1.55 bits per heavy atom. The van der Waals surface area contributed by atoms with Crippen LogP contribution in [-0.4, -0.2) is 0 Å². The van der Waals surface area contributed by atoms with Crippen molar-refractivity contribution in [1.82, 2.24) is 6.15 Å². The van der Waals surface area contributed by atoms with Gasteiger partial charge in [0.25, 0.3) is 0 Å². The normalized spacial score (nSPS) is 19.0. The molecule has 0 atom stereocenters. The maximum atomic E-state index is 3.65. The molecule has 11 heavy (non-hydrogen) atoms. The molecule has 0 heterocycles. The lowest BCUT2D eigenvalue weighted by Gasteiger charge is -2.03. The summed E-state index contributed by atoms with van der Waals surface area (Å²) in [6.07, 6.45) is 11.4. The molecular formula is C10H15N. The number of rotatable bonds is 1. The number of hydrogen-bond donors (Lipinski definition) is 1. The van der Waals surface area contributed by atoms with Gasteiger partial charge in [0.1, 0.15) is 0 Å². The molecule has 0 spiro atoms. The SMILES string of the molecule is C=C/C=C1/C=C(C)C=CC1.N. The van der Waals surface area contributed by atoms with Crippen molar-refractivity contribution < 1.29 is 0 Å². The van der Waals surface area contributed by atoms with E-state index in [0.717, 1.165) is 6.42 Å². The van der Waals surface area contributed by atoms with Gasteiger partial charge in [-0.2, -0.15) is 0 Å². The fourth-order valence-electron chi connectivity index (χ4n) is 1.05. The van der Waals surface area contributed by atoms with Crippen molar-refractivity contribution in [3.05, 3.63) is 48.1 Å². The van der Waals surface area contributed by atoms with E-state index in [1.54, 1.807) is 0 Å². The minimum absolute atomic E-state index is 0. The van der Waals surface area contributed by atoms with E-state index in [1.807, 2.05) is 12.2 Å². The van der Waals surface area contributed by atoms with Crippen LogP contribution in [0.2, 0.25) is 0 Å². The standard InChI is InChI=1S/C10H12.H3N/c1-3-5-10-7-4-6-9(2)8-10;/h3-6,8H,1,7H2,2H3;1H3/b10-5+;. The third-order valence-electron chi connectivity index (χ3n) is 1.48. The summed E-state index contributed by atoms with van der Waals surface area (Å²) in [5.74, 6) is 0. The summed E-state index contributed by atoms with van der Waals surface area (Å²) in [5.41, 5.74) is 2.66. The monoisotopic (exact) mass is 149 g/mol. The highest BCUT2D eigenvalue weighted by molar-refractivity contribution is 5.36. The maximum absolute atomic E-state index is 3.65. The molecule has 0 radical (unpaired) electrons. The molecule has 0 amide bonds. The first-order chi connectivity index (χ1) is 4.83. The molecule has 0 saturated carbocycles. The lowest BCUT2D eigenvalue weighted by molar-refractivity contribution is 1.23. The molecule has 1 aliphatic rings. The Kier molecular flexibility index (Phi) is 4.23. The van der Waals surface area contributed by atoms with E-state index in [2.05, 4.69) is 31.7 Å². The summed E-state index contributed by atoms with van der Waals surface area (Å²) in [6, 6.07) is 0. The van der Waals surface area contributed by atoms with Gasteiger partial charge in [0.05, 0.1) is 0 Å². The zero-order chi connectivity index (χ0) is 7.40. The highest BCUT2D eigenvalue weighted by Crippen LogP contribution is 2.14. The van der Waals surface area contributed by atoms with Crippen LogP contribution in [0.5, 0.6) is 0 Å². The topological polar surface area (TPSA) is 35.0 Å². The van der Waals surface area contributed by atoms with E-state index in [9.17, 15) is 0 Å². The van der Waals surface area contributed by atoms with Crippen LogP contribution in [0.4, 0.5) is 0 Å². The lowest BCUT2D eigenvalue weighted by atomic mass is 10.0. The minimum Gasteiger partial charge on any atom is -0.344 e. The van der Waals surface area contributed by atoms with Crippen molar-refractivity contribution >= 4 is 0 Å². The molecule has 0 saturated heterocycles. The van der Waals surface area contributed by atoms with Gasteiger partial charge in [0.2, 0.25) is 0 Å². The Hall–Kier alpha value is -1.08. The molecule has 3 N–H and O–H groups in total. The molecular weight excluding hydrogens is 134 g/mol. The second kappa shape index (κ2) is 4.69. The largest absolute Gasteiger partial charge is 0.344 e. The molecule has 1 nitrogen and oxygen atoms in total. The Morgan fingerprint density at radius 2 is 2.27 bits per heavy atom. The highest BCUT2D eigenvalue weighted by atomic mass is 14.0. The summed E-state index contributed by atoms with van der Waals surface area (Å²) in [4.78, 5) is 0. The molecule has 0 bridgehead atoms. The fourth-order valence-corrected chi connectivity index (χ4v) is 1.05. The van der Waals surface area contributed by atoms with E-state index in [4.69, 9.17) is 0 Å². The van der Waals surface area contributed by atoms with Crippen LogP contribution >= 0.6 is 0 Å².